The quantitative estimate of drug-likeness (QED) is 0.632. The Kier molecular flexibility index (Phi) is 2.87. The summed E-state index contributed by atoms with van der Waals surface area (Å²) in [6, 6.07) is 0. The first-order chi connectivity index (χ1) is 6.77. The van der Waals surface area contributed by atoms with Crippen LogP contribution < -0.4 is 0 Å². The maximum atomic E-state index is 11.9. The molecule has 2 rings (SSSR count). The third-order valence-corrected chi connectivity index (χ3v) is 3.09. The van der Waals surface area contributed by atoms with Crippen LogP contribution >= 0.6 is 0 Å². The van der Waals surface area contributed by atoms with Gasteiger partial charge < -0.3 is 10.0 Å². The van der Waals surface area contributed by atoms with E-state index in [1.165, 1.54) is 0 Å². The molecule has 1 N–H and O–H groups in total. The molecule has 0 radical (unpaired) electrons. The number of amides is 1. The van der Waals surface area contributed by atoms with Crippen LogP contribution in [0.5, 0.6) is 0 Å². The average molecular weight is 195 g/mol. The van der Waals surface area contributed by atoms with Crippen molar-refractivity contribution in [3.63, 3.8) is 0 Å². The van der Waals surface area contributed by atoms with Crippen LogP contribution in [0.2, 0.25) is 0 Å². The second kappa shape index (κ2) is 4.13. The minimum Gasteiger partial charge on any atom is -0.391 e. The van der Waals surface area contributed by atoms with Crippen LogP contribution in [0.4, 0.5) is 0 Å². The van der Waals surface area contributed by atoms with Gasteiger partial charge in [-0.1, -0.05) is 12.2 Å². The van der Waals surface area contributed by atoms with Gasteiger partial charge in [0.05, 0.1) is 6.10 Å². The van der Waals surface area contributed by atoms with Crippen molar-refractivity contribution in [2.75, 3.05) is 13.1 Å². The first-order valence-electron chi connectivity index (χ1n) is 5.39. The number of rotatable bonds is 1. The maximum Gasteiger partial charge on any atom is 0.226 e. The van der Waals surface area contributed by atoms with E-state index in [0.717, 1.165) is 32.2 Å². The van der Waals surface area contributed by atoms with E-state index in [-0.39, 0.29) is 17.9 Å². The molecule has 0 unspecified atom stereocenters. The number of hydrogen-bond acceptors (Lipinski definition) is 2. The van der Waals surface area contributed by atoms with Crippen molar-refractivity contribution in [1.29, 1.82) is 0 Å². The van der Waals surface area contributed by atoms with Crippen molar-refractivity contribution in [2.45, 2.75) is 31.8 Å². The summed E-state index contributed by atoms with van der Waals surface area (Å²) in [5, 5.41) is 9.34. The van der Waals surface area contributed by atoms with E-state index in [0.29, 0.717) is 6.54 Å². The molecule has 2 atom stereocenters. The van der Waals surface area contributed by atoms with Crippen LogP contribution in [0.15, 0.2) is 12.2 Å². The van der Waals surface area contributed by atoms with Crippen molar-refractivity contribution >= 4 is 5.91 Å². The van der Waals surface area contributed by atoms with Gasteiger partial charge >= 0.3 is 0 Å². The molecule has 0 aromatic carbocycles. The predicted octanol–water partition coefficient (Wildman–Crippen LogP) is 0.936. The highest BCUT2D eigenvalue weighted by atomic mass is 16.3. The van der Waals surface area contributed by atoms with Gasteiger partial charge in [-0.2, -0.15) is 0 Å². The van der Waals surface area contributed by atoms with Gasteiger partial charge in [-0.3, -0.25) is 4.79 Å². The fourth-order valence-electron chi connectivity index (χ4n) is 2.22. The summed E-state index contributed by atoms with van der Waals surface area (Å²) >= 11 is 0. The number of β-amino-alcohol motifs (C(OH)–C–C–N with tert-alkyl or cyclic N) is 1. The highest BCUT2D eigenvalue weighted by molar-refractivity contribution is 5.79. The minimum atomic E-state index is -0.293. The normalized spacial score (nSPS) is 32.2. The van der Waals surface area contributed by atoms with Gasteiger partial charge in [0, 0.05) is 19.0 Å². The first-order valence-corrected chi connectivity index (χ1v) is 5.39. The molecule has 2 aliphatic rings. The van der Waals surface area contributed by atoms with E-state index < -0.39 is 0 Å². The molecule has 0 bridgehead atoms. The number of carbonyl (C=O) groups is 1. The Morgan fingerprint density at radius 3 is 2.79 bits per heavy atom. The fraction of sp³-hybridized carbons (Fsp3) is 0.727. The Bertz CT molecular complexity index is 250. The molecule has 1 saturated heterocycles. The maximum absolute atomic E-state index is 11.9. The van der Waals surface area contributed by atoms with Crippen LogP contribution in [-0.2, 0) is 4.79 Å². The molecule has 1 fully saturated rings. The van der Waals surface area contributed by atoms with Gasteiger partial charge in [0.15, 0.2) is 0 Å². The fourth-order valence-corrected chi connectivity index (χ4v) is 2.22. The van der Waals surface area contributed by atoms with Gasteiger partial charge in [0.1, 0.15) is 0 Å². The van der Waals surface area contributed by atoms with Crippen molar-refractivity contribution in [3.05, 3.63) is 12.2 Å². The SMILES string of the molecule is O=C([C@H]1CC=CCC1)N1CC[C@@H](O)C1. The molecular formula is C11H17NO2. The molecule has 0 spiro atoms. The highest BCUT2D eigenvalue weighted by Gasteiger charge is 2.29. The molecule has 0 saturated carbocycles. The predicted molar refractivity (Wildman–Crippen MR) is 53.7 cm³/mol. The van der Waals surface area contributed by atoms with Gasteiger partial charge in [-0.05, 0) is 25.7 Å². The van der Waals surface area contributed by atoms with Crippen LogP contribution in [0.1, 0.15) is 25.7 Å². The molecule has 3 nitrogen and oxygen atoms in total. The summed E-state index contributed by atoms with van der Waals surface area (Å²) in [6.45, 7) is 1.28. The lowest BCUT2D eigenvalue weighted by Crippen LogP contribution is -2.35. The number of aliphatic hydroxyl groups is 1. The van der Waals surface area contributed by atoms with Crippen LogP contribution in [0.3, 0.4) is 0 Å². The topological polar surface area (TPSA) is 40.5 Å². The molecular weight excluding hydrogens is 178 g/mol. The van der Waals surface area contributed by atoms with E-state index in [4.69, 9.17) is 0 Å². The Balaban J connectivity index is 1.91. The standard InChI is InChI=1S/C11H17NO2/c13-10-6-7-12(8-10)11(14)9-4-2-1-3-5-9/h1-2,9-10,13H,3-8H2/t9-,10+/m0/s1. The molecule has 78 valence electrons. The highest BCUT2D eigenvalue weighted by Crippen LogP contribution is 2.22. The van der Waals surface area contributed by atoms with Crippen molar-refractivity contribution in [3.8, 4) is 0 Å². The van der Waals surface area contributed by atoms with E-state index in [1.54, 1.807) is 0 Å². The van der Waals surface area contributed by atoms with Crippen LogP contribution in [0.25, 0.3) is 0 Å². The van der Waals surface area contributed by atoms with E-state index >= 15 is 0 Å². The zero-order valence-corrected chi connectivity index (χ0v) is 8.35. The largest absolute Gasteiger partial charge is 0.391 e. The van der Waals surface area contributed by atoms with Crippen molar-refractivity contribution in [1.82, 2.24) is 4.90 Å². The minimum absolute atomic E-state index is 0.172. The average Bonchev–Trinajstić information content (AvgIpc) is 2.65. The van der Waals surface area contributed by atoms with Gasteiger partial charge in [-0.15, -0.1) is 0 Å². The van der Waals surface area contributed by atoms with E-state index in [9.17, 15) is 9.90 Å². The van der Waals surface area contributed by atoms with Gasteiger partial charge in [0.25, 0.3) is 0 Å². The number of carbonyl (C=O) groups excluding carboxylic acids is 1. The molecule has 0 aromatic heterocycles. The monoisotopic (exact) mass is 195 g/mol. The first kappa shape index (κ1) is 9.71. The van der Waals surface area contributed by atoms with Crippen molar-refractivity contribution in [2.24, 2.45) is 5.92 Å². The lowest BCUT2D eigenvalue weighted by Gasteiger charge is -2.23. The Morgan fingerprint density at radius 1 is 1.36 bits per heavy atom. The van der Waals surface area contributed by atoms with E-state index in [2.05, 4.69) is 12.2 Å². The molecule has 3 heteroatoms. The molecule has 1 aliphatic carbocycles. The Hall–Kier alpha value is -0.830. The van der Waals surface area contributed by atoms with Gasteiger partial charge in [0.2, 0.25) is 5.91 Å². The number of nitrogens with zero attached hydrogens (tertiary/aromatic N) is 1. The zero-order valence-electron chi connectivity index (χ0n) is 8.35. The third kappa shape index (κ3) is 1.98. The Morgan fingerprint density at radius 2 is 2.21 bits per heavy atom. The summed E-state index contributed by atoms with van der Waals surface area (Å²) < 4.78 is 0. The number of hydrogen-bond donors (Lipinski definition) is 1. The molecule has 1 heterocycles. The smallest absolute Gasteiger partial charge is 0.226 e. The summed E-state index contributed by atoms with van der Waals surface area (Å²) in [6.07, 6.45) is 7.56. The second-order valence-corrected chi connectivity index (χ2v) is 4.21. The summed E-state index contributed by atoms with van der Waals surface area (Å²) in [5.41, 5.74) is 0. The van der Waals surface area contributed by atoms with E-state index in [1.807, 2.05) is 4.90 Å². The number of aliphatic hydroxyl groups excluding tert-OH is 1. The second-order valence-electron chi connectivity index (χ2n) is 4.21. The molecule has 14 heavy (non-hydrogen) atoms. The lowest BCUT2D eigenvalue weighted by atomic mass is 9.93. The number of allylic oxidation sites excluding steroid dienone is 2. The Labute approximate surface area is 84.4 Å². The van der Waals surface area contributed by atoms with Crippen LogP contribution in [-0.4, -0.2) is 35.1 Å². The summed E-state index contributed by atoms with van der Waals surface area (Å²) in [7, 11) is 0. The number of likely N-dealkylation sites (tertiary alicyclic amines) is 1. The van der Waals surface area contributed by atoms with Crippen LogP contribution in [0, 0.1) is 5.92 Å². The third-order valence-electron chi connectivity index (χ3n) is 3.09. The molecule has 1 aliphatic heterocycles. The lowest BCUT2D eigenvalue weighted by molar-refractivity contribution is -0.135. The summed E-state index contributed by atoms with van der Waals surface area (Å²) in [4.78, 5) is 13.7. The van der Waals surface area contributed by atoms with Crippen molar-refractivity contribution < 1.29 is 9.90 Å². The zero-order chi connectivity index (χ0) is 9.97. The molecule has 0 aromatic rings. The summed E-state index contributed by atoms with van der Waals surface area (Å²) in [5.74, 6) is 0.413. The van der Waals surface area contributed by atoms with Gasteiger partial charge in [-0.25, -0.2) is 0 Å². The molecule has 1 amide bonds.